The lowest BCUT2D eigenvalue weighted by Gasteiger charge is -2.12. The molecule has 0 saturated heterocycles. The van der Waals surface area contributed by atoms with Gasteiger partial charge in [-0.25, -0.2) is 4.98 Å². The van der Waals surface area contributed by atoms with Crippen molar-refractivity contribution < 1.29 is 13.6 Å². The molecule has 0 aliphatic heterocycles. The van der Waals surface area contributed by atoms with Crippen LogP contribution in [-0.4, -0.2) is 16.9 Å². The van der Waals surface area contributed by atoms with E-state index < -0.39 is 0 Å². The van der Waals surface area contributed by atoms with E-state index in [1.807, 2.05) is 49.4 Å². The average Bonchev–Trinajstić information content (AvgIpc) is 3.25. The monoisotopic (exact) mass is 310 g/mol. The number of rotatable bonds is 6. The summed E-state index contributed by atoms with van der Waals surface area (Å²) >= 11 is 0. The van der Waals surface area contributed by atoms with Crippen LogP contribution in [0.4, 0.5) is 0 Å². The fourth-order valence-electron chi connectivity index (χ4n) is 2.38. The third-order valence-corrected chi connectivity index (χ3v) is 3.60. The molecule has 1 N–H and O–H groups in total. The van der Waals surface area contributed by atoms with E-state index in [-0.39, 0.29) is 11.9 Å². The topological polar surface area (TPSA) is 68.3 Å². The number of aromatic nitrogens is 1. The maximum absolute atomic E-state index is 12.4. The van der Waals surface area contributed by atoms with Crippen molar-refractivity contribution in [2.75, 3.05) is 0 Å². The van der Waals surface area contributed by atoms with Crippen molar-refractivity contribution in [1.82, 2.24) is 10.3 Å². The number of nitrogens with zero attached hydrogens (tertiary/aromatic N) is 1. The molecule has 5 nitrogen and oxygen atoms in total. The van der Waals surface area contributed by atoms with Gasteiger partial charge in [0.15, 0.2) is 17.8 Å². The Balaban J connectivity index is 1.63. The summed E-state index contributed by atoms with van der Waals surface area (Å²) in [6, 6.07) is 13.3. The molecule has 1 unspecified atom stereocenters. The van der Waals surface area contributed by atoms with Crippen molar-refractivity contribution in [1.29, 1.82) is 0 Å². The molecule has 1 amide bonds. The van der Waals surface area contributed by atoms with E-state index in [2.05, 4.69) is 10.3 Å². The molecule has 118 valence electrons. The first-order valence-corrected chi connectivity index (χ1v) is 7.56. The van der Waals surface area contributed by atoms with Gasteiger partial charge in [0.25, 0.3) is 5.91 Å². The molecule has 1 atom stereocenters. The molecule has 0 spiro atoms. The normalized spacial score (nSPS) is 12.0. The summed E-state index contributed by atoms with van der Waals surface area (Å²) in [6.07, 6.45) is 4.52. The van der Waals surface area contributed by atoms with Crippen molar-refractivity contribution in [2.24, 2.45) is 0 Å². The number of furan rings is 1. The first kappa shape index (κ1) is 15.1. The predicted molar refractivity (Wildman–Crippen MR) is 85.9 cm³/mol. The summed E-state index contributed by atoms with van der Waals surface area (Å²) in [7, 11) is 0. The molecular formula is C18H18N2O3. The first-order valence-electron chi connectivity index (χ1n) is 7.56. The second-order valence-corrected chi connectivity index (χ2v) is 5.39. The summed E-state index contributed by atoms with van der Waals surface area (Å²) in [5.41, 5.74) is 1.14. The largest absolute Gasteiger partial charge is 0.469 e. The van der Waals surface area contributed by atoms with E-state index in [1.165, 1.54) is 6.39 Å². The fourth-order valence-corrected chi connectivity index (χ4v) is 2.38. The Labute approximate surface area is 134 Å². The van der Waals surface area contributed by atoms with Crippen LogP contribution in [0, 0.1) is 0 Å². The van der Waals surface area contributed by atoms with Crippen LogP contribution in [0.2, 0.25) is 0 Å². The molecule has 5 heteroatoms. The van der Waals surface area contributed by atoms with Crippen molar-refractivity contribution >= 4 is 5.91 Å². The van der Waals surface area contributed by atoms with Crippen LogP contribution < -0.4 is 5.32 Å². The molecule has 2 heterocycles. The van der Waals surface area contributed by atoms with Crippen LogP contribution in [-0.2, 0) is 6.42 Å². The molecule has 0 radical (unpaired) electrons. The molecule has 0 saturated carbocycles. The summed E-state index contributed by atoms with van der Waals surface area (Å²) in [5.74, 6) is 1.17. The minimum absolute atomic E-state index is 0.00734. The van der Waals surface area contributed by atoms with Crippen LogP contribution >= 0.6 is 0 Å². The Morgan fingerprint density at radius 2 is 2.00 bits per heavy atom. The third kappa shape index (κ3) is 3.69. The highest BCUT2D eigenvalue weighted by Gasteiger charge is 2.19. The number of oxazole rings is 1. The summed E-state index contributed by atoms with van der Waals surface area (Å²) in [6.45, 7) is 1.96. The molecule has 1 aromatic carbocycles. The van der Waals surface area contributed by atoms with Gasteiger partial charge < -0.3 is 14.2 Å². The number of hydrogen-bond acceptors (Lipinski definition) is 4. The van der Waals surface area contributed by atoms with Crippen molar-refractivity contribution in [2.45, 2.75) is 25.8 Å². The minimum atomic E-state index is -0.232. The van der Waals surface area contributed by atoms with Gasteiger partial charge in [0.2, 0.25) is 0 Å². The summed E-state index contributed by atoms with van der Waals surface area (Å²) < 4.78 is 10.7. The molecule has 3 rings (SSSR count). The van der Waals surface area contributed by atoms with E-state index in [1.54, 1.807) is 6.26 Å². The molecule has 2 aromatic heterocycles. The Kier molecular flexibility index (Phi) is 4.57. The maximum atomic E-state index is 12.4. The number of nitrogens with one attached hydrogen (secondary N) is 1. The van der Waals surface area contributed by atoms with Crippen molar-refractivity contribution in [3.05, 3.63) is 66.6 Å². The molecule has 0 aliphatic carbocycles. The van der Waals surface area contributed by atoms with Gasteiger partial charge in [0.05, 0.1) is 6.26 Å². The molecule has 0 bridgehead atoms. The fraction of sp³-hybridized carbons (Fsp3) is 0.222. The quantitative estimate of drug-likeness (QED) is 0.754. The maximum Gasteiger partial charge on any atom is 0.274 e. The third-order valence-electron chi connectivity index (χ3n) is 3.60. The lowest BCUT2D eigenvalue weighted by molar-refractivity contribution is 0.0934. The van der Waals surface area contributed by atoms with E-state index in [0.717, 1.165) is 24.2 Å². The van der Waals surface area contributed by atoms with E-state index in [9.17, 15) is 4.79 Å². The zero-order chi connectivity index (χ0) is 16.1. The summed E-state index contributed by atoms with van der Waals surface area (Å²) in [4.78, 5) is 16.5. The van der Waals surface area contributed by atoms with Gasteiger partial charge in [-0.2, -0.15) is 0 Å². The number of aryl methyl sites for hydroxylation is 1. The minimum Gasteiger partial charge on any atom is -0.469 e. The van der Waals surface area contributed by atoms with Crippen molar-refractivity contribution in [3.63, 3.8) is 0 Å². The SMILES string of the molecule is CC(CCc1ccco1)NC(=O)c1ncoc1-c1ccccc1. The van der Waals surface area contributed by atoms with Crippen LogP contribution in [0.15, 0.2) is 64.0 Å². The molecule has 0 aliphatic rings. The van der Waals surface area contributed by atoms with Gasteiger partial charge in [0.1, 0.15) is 5.76 Å². The standard InChI is InChI=1S/C18H18N2O3/c1-13(9-10-15-8-5-11-22-15)20-18(21)16-17(23-12-19-16)14-6-3-2-4-7-14/h2-8,11-13H,9-10H2,1H3,(H,20,21). The van der Waals surface area contributed by atoms with Gasteiger partial charge in [-0.15, -0.1) is 0 Å². The highest BCUT2D eigenvalue weighted by molar-refractivity contribution is 5.97. The Hall–Kier alpha value is -2.82. The Morgan fingerprint density at radius 3 is 2.74 bits per heavy atom. The average molecular weight is 310 g/mol. The molecule has 23 heavy (non-hydrogen) atoms. The van der Waals surface area contributed by atoms with Crippen LogP contribution in [0.1, 0.15) is 29.6 Å². The number of carbonyl (C=O) groups excluding carboxylic acids is 1. The molecule has 3 aromatic rings. The number of benzene rings is 1. The Morgan fingerprint density at radius 1 is 1.17 bits per heavy atom. The van der Waals surface area contributed by atoms with E-state index >= 15 is 0 Å². The second-order valence-electron chi connectivity index (χ2n) is 5.39. The smallest absolute Gasteiger partial charge is 0.274 e. The predicted octanol–water partition coefficient (Wildman–Crippen LogP) is 3.69. The Bertz CT molecular complexity index is 748. The molecular weight excluding hydrogens is 292 g/mol. The van der Waals surface area contributed by atoms with Gasteiger partial charge in [-0.3, -0.25) is 4.79 Å². The van der Waals surface area contributed by atoms with Crippen LogP contribution in [0.5, 0.6) is 0 Å². The summed E-state index contributed by atoms with van der Waals surface area (Å²) in [5, 5.41) is 2.95. The second kappa shape index (κ2) is 6.96. The van der Waals surface area contributed by atoms with Crippen LogP contribution in [0.3, 0.4) is 0 Å². The highest BCUT2D eigenvalue weighted by atomic mass is 16.3. The zero-order valence-corrected chi connectivity index (χ0v) is 12.9. The number of carbonyl (C=O) groups is 1. The van der Waals surface area contributed by atoms with Crippen LogP contribution in [0.25, 0.3) is 11.3 Å². The highest BCUT2D eigenvalue weighted by Crippen LogP contribution is 2.22. The molecule has 0 fully saturated rings. The van der Waals surface area contributed by atoms with Crippen molar-refractivity contribution in [3.8, 4) is 11.3 Å². The van der Waals surface area contributed by atoms with Gasteiger partial charge in [-0.1, -0.05) is 30.3 Å². The van der Waals surface area contributed by atoms with E-state index in [0.29, 0.717) is 11.5 Å². The van der Waals surface area contributed by atoms with Gasteiger partial charge in [0, 0.05) is 18.0 Å². The number of hydrogen-bond donors (Lipinski definition) is 1. The lowest BCUT2D eigenvalue weighted by atomic mass is 10.1. The number of amides is 1. The lowest BCUT2D eigenvalue weighted by Crippen LogP contribution is -2.33. The zero-order valence-electron chi connectivity index (χ0n) is 12.9. The first-order chi connectivity index (χ1) is 11.2. The van der Waals surface area contributed by atoms with E-state index in [4.69, 9.17) is 8.83 Å². The van der Waals surface area contributed by atoms with Gasteiger partial charge >= 0.3 is 0 Å². The van der Waals surface area contributed by atoms with Gasteiger partial charge in [-0.05, 0) is 25.5 Å².